The molecule has 0 amide bonds. The quantitative estimate of drug-likeness (QED) is 0.862. The minimum atomic E-state index is 0.0953. The maximum absolute atomic E-state index is 12.2. The van der Waals surface area contributed by atoms with E-state index in [0.717, 1.165) is 23.3 Å². The van der Waals surface area contributed by atoms with Crippen LogP contribution >= 0.6 is 0 Å². The summed E-state index contributed by atoms with van der Waals surface area (Å²) in [4.78, 5) is 12.2. The zero-order valence-electron chi connectivity index (χ0n) is 11.1. The van der Waals surface area contributed by atoms with Gasteiger partial charge in [-0.1, -0.05) is 60.7 Å². The number of carbonyl (C=O) groups is 1. The number of rotatable bonds is 4. The summed E-state index contributed by atoms with van der Waals surface area (Å²) in [5.41, 5.74) is 5.98. The number of nitrogens with one attached hydrogen (secondary N) is 1. The van der Waals surface area contributed by atoms with Crippen LogP contribution in [0, 0.1) is 0 Å². The van der Waals surface area contributed by atoms with Crippen molar-refractivity contribution >= 4 is 11.5 Å². The lowest BCUT2D eigenvalue weighted by atomic mass is 9.98. The molecule has 0 aromatic heterocycles. The minimum Gasteiger partial charge on any atom is -0.306 e. The topological polar surface area (TPSA) is 41.5 Å². The smallest absolute Gasteiger partial charge is 0.164 e. The molecule has 1 heterocycles. The number of carbonyl (C=O) groups excluding carboxylic acids is 1. The number of hydrogen-bond donors (Lipinski definition) is 1. The third kappa shape index (κ3) is 2.77. The Bertz CT molecular complexity index is 620. The molecule has 1 aliphatic rings. The summed E-state index contributed by atoms with van der Waals surface area (Å²) >= 11 is 0. The Kier molecular flexibility index (Phi) is 3.59. The van der Waals surface area contributed by atoms with Crippen molar-refractivity contribution in [2.24, 2.45) is 5.10 Å². The first-order valence-electron chi connectivity index (χ1n) is 6.78. The second-order valence-corrected chi connectivity index (χ2v) is 4.95. The summed E-state index contributed by atoms with van der Waals surface area (Å²) in [6, 6.07) is 19.6. The molecule has 0 fully saturated rings. The number of Topliss-reactive ketones (excluding diaryl/α,β-unsaturated/α-hetero) is 1. The highest BCUT2D eigenvalue weighted by molar-refractivity contribution is 6.03. The van der Waals surface area contributed by atoms with Crippen LogP contribution in [0.4, 0.5) is 0 Å². The zero-order chi connectivity index (χ0) is 13.8. The van der Waals surface area contributed by atoms with Crippen molar-refractivity contribution in [1.82, 2.24) is 5.43 Å². The van der Waals surface area contributed by atoms with E-state index in [1.165, 1.54) is 0 Å². The molecule has 2 aromatic carbocycles. The predicted molar refractivity (Wildman–Crippen MR) is 79.9 cm³/mol. The summed E-state index contributed by atoms with van der Waals surface area (Å²) in [5.74, 6) is 0.160. The molecule has 0 saturated carbocycles. The van der Waals surface area contributed by atoms with E-state index in [1.807, 2.05) is 60.7 Å². The minimum absolute atomic E-state index is 0.0953. The number of hydrazone groups is 1. The first-order valence-corrected chi connectivity index (χ1v) is 6.78. The summed E-state index contributed by atoms with van der Waals surface area (Å²) in [5, 5.41) is 4.35. The molecular weight excluding hydrogens is 248 g/mol. The van der Waals surface area contributed by atoms with Crippen LogP contribution in [0.5, 0.6) is 0 Å². The summed E-state index contributed by atoms with van der Waals surface area (Å²) in [6.45, 7) is 0. The largest absolute Gasteiger partial charge is 0.306 e. The van der Waals surface area contributed by atoms with Gasteiger partial charge in [0.1, 0.15) is 0 Å². The molecule has 3 rings (SSSR count). The van der Waals surface area contributed by atoms with Gasteiger partial charge in [0.15, 0.2) is 5.78 Å². The van der Waals surface area contributed by atoms with Crippen LogP contribution in [0.3, 0.4) is 0 Å². The van der Waals surface area contributed by atoms with Gasteiger partial charge >= 0.3 is 0 Å². The Morgan fingerprint density at radius 1 is 1.05 bits per heavy atom. The Morgan fingerprint density at radius 3 is 2.40 bits per heavy atom. The van der Waals surface area contributed by atoms with Crippen molar-refractivity contribution in [3.63, 3.8) is 0 Å². The molecule has 100 valence electrons. The monoisotopic (exact) mass is 264 g/mol. The van der Waals surface area contributed by atoms with Gasteiger partial charge in [0.25, 0.3) is 0 Å². The number of hydrogen-bond acceptors (Lipinski definition) is 3. The molecule has 2 aromatic rings. The number of nitrogens with zero attached hydrogens (tertiary/aromatic N) is 1. The van der Waals surface area contributed by atoms with E-state index in [9.17, 15) is 4.79 Å². The van der Waals surface area contributed by atoms with Gasteiger partial charge in [0.2, 0.25) is 0 Å². The zero-order valence-corrected chi connectivity index (χ0v) is 11.1. The predicted octanol–water partition coefficient (Wildman–Crippen LogP) is 3.03. The molecule has 20 heavy (non-hydrogen) atoms. The molecule has 0 radical (unpaired) electrons. The Hall–Kier alpha value is -2.42. The highest BCUT2D eigenvalue weighted by Crippen LogP contribution is 2.16. The van der Waals surface area contributed by atoms with E-state index in [-0.39, 0.29) is 11.8 Å². The lowest BCUT2D eigenvalue weighted by molar-refractivity contribution is 0.0971. The molecular formula is C17H16N2O. The molecule has 0 bridgehead atoms. The Morgan fingerprint density at radius 2 is 1.70 bits per heavy atom. The van der Waals surface area contributed by atoms with E-state index in [4.69, 9.17) is 0 Å². The van der Waals surface area contributed by atoms with Crippen molar-refractivity contribution in [2.45, 2.75) is 18.9 Å². The molecule has 0 aliphatic carbocycles. The molecule has 0 saturated heterocycles. The third-order valence-electron chi connectivity index (χ3n) is 3.46. The van der Waals surface area contributed by atoms with Crippen molar-refractivity contribution in [3.8, 4) is 0 Å². The molecule has 1 unspecified atom stereocenters. The first-order chi connectivity index (χ1) is 9.83. The summed E-state index contributed by atoms with van der Waals surface area (Å²) in [7, 11) is 0. The highest BCUT2D eigenvalue weighted by Gasteiger charge is 2.22. The number of benzene rings is 2. The van der Waals surface area contributed by atoms with Gasteiger partial charge in [-0.3, -0.25) is 4.79 Å². The SMILES string of the molecule is O=C(CC1CC(c2ccccc2)=NN1)c1ccccc1. The molecule has 0 spiro atoms. The van der Waals surface area contributed by atoms with Gasteiger partial charge in [-0.2, -0.15) is 5.10 Å². The van der Waals surface area contributed by atoms with Gasteiger partial charge in [0, 0.05) is 18.4 Å². The maximum Gasteiger partial charge on any atom is 0.164 e. The normalized spacial score (nSPS) is 17.4. The third-order valence-corrected chi connectivity index (χ3v) is 3.46. The second-order valence-electron chi connectivity index (χ2n) is 4.95. The lowest BCUT2D eigenvalue weighted by Crippen LogP contribution is -2.23. The van der Waals surface area contributed by atoms with E-state index in [1.54, 1.807) is 0 Å². The average Bonchev–Trinajstić information content (AvgIpc) is 2.97. The second kappa shape index (κ2) is 5.70. The fourth-order valence-corrected chi connectivity index (χ4v) is 2.39. The summed E-state index contributed by atoms with van der Waals surface area (Å²) < 4.78 is 0. The fraction of sp³-hybridized carbons (Fsp3) is 0.176. The van der Waals surface area contributed by atoms with E-state index in [2.05, 4.69) is 10.5 Å². The average molecular weight is 264 g/mol. The van der Waals surface area contributed by atoms with Crippen LogP contribution in [-0.4, -0.2) is 17.5 Å². The van der Waals surface area contributed by atoms with Gasteiger partial charge in [0.05, 0.1) is 11.8 Å². The molecule has 3 nitrogen and oxygen atoms in total. The highest BCUT2D eigenvalue weighted by atomic mass is 16.1. The van der Waals surface area contributed by atoms with E-state index < -0.39 is 0 Å². The maximum atomic E-state index is 12.2. The Labute approximate surface area is 118 Å². The van der Waals surface area contributed by atoms with Crippen LogP contribution in [0.1, 0.15) is 28.8 Å². The van der Waals surface area contributed by atoms with Crippen molar-refractivity contribution in [2.75, 3.05) is 0 Å². The van der Waals surface area contributed by atoms with Gasteiger partial charge < -0.3 is 5.43 Å². The van der Waals surface area contributed by atoms with E-state index >= 15 is 0 Å². The molecule has 1 N–H and O–H groups in total. The molecule has 3 heteroatoms. The van der Waals surface area contributed by atoms with Crippen LogP contribution < -0.4 is 5.43 Å². The fourth-order valence-electron chi connectivity index (χ4n) is 2.39. The molecule has 1 atom stereocenters. The first kappa shape index (κ1) is 12.6. The van der Waals surface area contributed by atoms with Crippen LogP contribution in [0.2, 0.25) is 0 Å². The van der Waals surface area contributed by atoms with Gasteiger partial charge in [-0.25, -0.2) is 0 Å². The Balaban J connectivity index is 1.61. The van der Waals surface area contributed by atoms with Gasteiger partial charge in [-0.05, 0) is 5.56 Å². The van der Waals surface area contributed by atoms with Gasteiger partial charge in [-0.15, -0.1) is 0 Å². The van der Waals surface area contributed by atoms with Crippen LogP contribution in [0.25, 0.3) is 0 Å². The summed E-state index contributed by atoms with van der Waals surface area (Å²) in [6.07, 6.45) is 1.27. The van der Waals surface area contributed by atoms with Crippen molar-refractivity contribution in [3.05, 3.63) is 71.8 Å². The molecule has 1 aliphatic heterocycles. The lowest BCUT2D eigenvalue weighted by Gasteiger charge is -2.08. The number of ketones is 1. The van der Waals surface area contributed by atoms with Crippen molar-refractivity contribution < 1.29 is 4.79 Å². The van der Waals surface area contributed by atoms with Crippen LogP contribution in [-0.2, 0) is 0 Å². The van der Waals surface area contributed by atoms with Crippen molar-refractivity contribution in [1.29, 1.82) is 0 Å². The van der Waals surface area contributed by atoms with E-state index in [0.29, 0.717) is 6.42 Å². The van der Waals surface area contributed by atoms with Crippen LogP contribution in [0.15, 0.2) is 65.8 Å². The standard InChI is InChI=1S/C17H16N2O/c20-17(14-9-5-2-6-10-14)12-15-11-16(19-18-15)13-7-3-1-4-8-13/h1-10,15,18H,11-12H2.